The Balaban J connectivity index is 1.52. The summed E-state index contributed by atoms with van der Waals surface area (Å²) in [5.41, 5.74) is 1.83. The molecule has 0 saturated heterocycles. The maximum Gasteiger partial charge on any atom is 0.141 e. The van der Waals surface area contributed by atoms with Crippen LogP contribution in [0.4, 0.5) is 8.78 Å². The van der Waals surface area contributed by atoms with Gasteiger partial charge in [0.15, 0.2) is 0 Å². The highest BCUT2D eigenvalue weighted by atomic mass is 19.1. The molecule has 0 bridgehead atoms. The average Bonchev–Trinajstić information content (AvgIpc) is 2.73. The fourth-order valence-corrected chi connectivity index (χ4v) is 4.58. The quantitative estimate of drug-likeness (QED) is 0.418. The van der Waals surface area contributed by atoms with Gasteiger partial charge in [0, 0.05) is 5.56 Å². The molecule has 0 spiro atoms. The minimum Gasteiger partial charge on any atom is -0.206 e. The predicted molar refractivity (Wildman–Crippen MR) is 114 cm³/mol. The number of rotatable bonds is 8. The van der Waals surface area contributed by atoms with Crippen molar-refractivity contribution in [1.29, 1.82) is 5.26 Å². The maximum absolute atomic E-state index is 14.6. The number of nitriles is 1. The van der Waals surface area contributed by atoms with Crippen LogP contribution in [-0.2, 0) is 6.42 Å². The molecular formula is C26H31F2N. The van der Waals surface area contributed by atoms with E-state index in [0.717, 1.165) is 30.2 Å². The zero-order chi connectivity index (χ0) is 20.6. The van der Waals surface area contributed by atoms with Crippen LogP contribution in [0.3, 0.4) is 0 Å². The molecule has 0 aliphatic heterocycles. The molecule has 0 atom stereocenters. The summed E-state index contributed by atoms with van der Waals surface area (Å²) < 4.78 is 28.5. The van der Waals surface area contributed by atoms with Crippen molar-refractivity contribution in [2.75, 3.05) is 0 Å². The van der Waals surface area contributed by atoms with E-state index in [1.165, 1.54) is 63.5 Å². The minimum atomic E-state index is -0.612. The van der Waals surface area contributed by atoms with Crippen LogP contribution in [0, 0.1) is 34.8 Å². The van der Waals surface area contributed by atoms with Crippen molar-refractivity contribution in [2.24, 2.45) is 11.8 Å². The third kappa shape index (κ3) is 5.89. The molecule has 2 aromatic rings. The lowest BCUT2D eigenvalue weighted by Crippen LogP contribution is -2.15. The van der Waals surface area contributed by atoms with E-state index in [2.05, 4.69) is 6.92 Å². The maximum atomic E-state index is 14.6. The van der Waals surface area contributed by atoms with Crippen LogP contribution in [0.5, 0.6) is 0 Å². The second-order valence-electron chi connectivity index (χ2n) is 8.54. The predicted octanol–water partition coefficient (Wildman–Crippen LogP) is 7.82. The number of nitrogens with zero attached hydrogens (tertiary/aromatic N) is 1. The summed E-state index contributed by atoms with van der Waals surface area (Å²) in [6.07, 6.45) is 12.8. The SMILES string of the molecule is CCCCCC1CCC(CCc2ccc(-c3ccc(C#N)c(F)c3)c(F)c2)CC1. The van der Waals surface area contributed by atoms with Crippen molar-refractivity contribution in [3.63, 3.8) is 0 Å². The van der Waals surface area contributed by atoms with Crippen molar-refractivity contribution in [3.8, 4) is 17.2 Å². The van der Waals surface area contributed by atoms with E-state index >= 15 is 0 Å². The normalized spacial score (nSPS) is 19.1. The molecule has 1 aliphatic rings. The first-order valence-electron chi connectivity index (χ1n) is 11.1. The molecular weight excluding hydrogens is 364 g/mol. The van der Waals surface area contributed by atoms with Gasteiger partial charge in [0.25, 0.3) is 0 Å². The topological polar surface area (TPSA) is 23.8 Å². The van der Waals surface area contributed by atoms with Crippen molar-refractivity contribution in [3.05, 3.63) is 59.2 Å². The molecule has 154 valence electrons. The van der Waals surface area contributed by atoms with Crippen LogP contribution in [0.2, 0.25) is 0 Å². The van der Waals surface area contributed by atoms with Gasteiger partial charge in [-0.1, -0.05) is 76.5 Å². The Bertz CT molecular complexity index is 844. The Kier molecular flexibility index (Phi) is 7.81. The van der Waals surface area contributed by atoms with E-state index in [-0.39, 0.29) is 11.4 Å². The Labute approximate surface area is 173 Å². The van der Waals surface area contributed by atoms with Crippen LogP contribution in [0.1, 0.15) is 75.8 Å². The molecule has 0 amide bonds. The molecule has 1 saturated carbocycles. The fourth-order valence-electron chi connectivity index (χ4n) is 4.58. The van der Waals surface area contributed by atoms with Crippen LogP contribution in [0.25, 0.3) is 11.1 Å². The minimum absolute atomic E-state index is 0.0223. The van der Waals surface area contributed by atoms with E-state index in [1.54, 1.807) is 24.3 Å². The zero-order valence-electron chi connectivity index (χ0n) is 17.4. The van der Waals surface area contributed by atoms with Gasteiger partial charge in [0.1, 0.15) is 17.7 Å². The van der Waals surface area contributed by atoms with Gasteiger partial charge in [-0.2, -0.15) is 5.26 Å². The number of hydrogen-bond donors (Lipinski definition) is 0. The molecule has 29 heavy (non-hydrogen) atoms. The second kappa shape index (κ2) is 10.5. The lowest BCUT2D eigenvalue weighted by molar-refractivity contribution is 0.249. The standard InChI is InChI=1S/C26H31F2N/c1-2-3-4-5-19-6-8-20(9-7-19)10-11-21-12-15-24(26(28)16-21)22-13-14-23(18-29)25(27)17-22/h12-17,19-20H,2-11H2,1H3. The van der Waals surface area contributed by atoms with Crippen LogP contribution < -0.4 is 0 Å². The molecule has 0 heterocycles. The number of aryl methyl sites for hydroxylation is 1. The molecule has 1 nitrogen and oxygen atoms in total. The summed E-state index contributed by atoms with van der Waals surface area (Å²) in [4.78, 5) is 0. The molecule has 1 aliphatic carbocycles. The molecule has 3 heteroatoms. The summed E-state index contributed by atoms with van der Waals surface area (Å²) in [5, 5.41) is 8.84. The summed E-state index contributed by atoms with van der Waals surface area (Å²) in [7, 11) is 0. The fraction of sp³-hybridized carbons (Fsp3) is 0.500. The van der Waals surface area contributed by atoms with Crippen molar-refractivity contribution >= 4 is 0 Å². The first-order valence-corrected chi connectivity index (χ1v) is 11.1. The van der Waals surface area contributed by atoms with Gasteiger partial charge in [0.2, 0.25) is 0 Å². The van der Waals surface area contributed by atoms with E-state index in [0.29, 0.717) is 11.1 Å². The van der Waals surface area contributed by atoms with Gasteiger partial charge in [0.05, 0.1) is 5.56 Å². The summed E-state index contributed by atoms with van der Waals surface area (Å²) in [6, 6.07) is 11.3. The lowest BCUT2D eigenvalue weighted by Gasteiger charge is -2.28. The van der Waals surface area contributed by atoms with Crippen LogP contribution in [-0.4, -0.2) is 0 Å². The Morgan fingerprint density at radius 2 is 1.62 bits per heavy atom. The van der Waals surface area contributed by atoms with Gasteiger partial charge < -0.3 is 0 Å². The highest BCUT2D eigenvalue weighted by molar-refractivity contribution is 5.65. The van der Waals surface area contributed by atoms with E-state index in [1.807, 2.05) is 6.07 Å². The Morgan fingerprint density at radius 1 is 0.897 bits per heavy atom. The smallest absolute Gasteiger partial charge is 0.141 e. The average molecular weight is 396 g/mol. The van der Waals surface area contributed by atoms with Crippen LogP contribution >= 0.6 is 0 Å². The molecule has 0 N–H and O–H groups in total. The monoisotopic (exact) mass is 395 g/mol. The Hall–Kier alpha value is -2.21. The zero-order valence-corrected chi connectivity index (χ0v) is 17.4. The van der Waals surface area contributed by atoms with E-state index < -0.39 is 5.82 Å². The summed E-state index contributed by atoms with van der Waals surface area (Å²) in [5.74, 6) is 0.736. The van der Waals surface area contributed by atoms with Crippen LogP contribution in [0.15, 0.2) is 36.4 Å². The van der Waals surface area contributed by atoms with E-state index in [9.17, 15) is 8.78 Å². The Morgan fingerprint density at radius 3 is 2.24 bits per heavy atom. The van der Waals surface area contributed by atoms with Gasteiger partial charge in [-0.05, 0) is 54.0 Å². The van der Waals surface area contributed by atoms with Gasteiger partial charge in [-0.3, -0.25) is 0 Å². The van der Waals surface area contributed by atoms with Crippen molar-refractivity contribution in [2.45, 2.75) is 71.1 Å². The largest absolute Gasteiger partial charge is 0.206 e. The molecule has 2 aromatic carbocycles. The van der Waals surface area contributed by atoms with Gasteiger partial charge in [-0.25, -0.2) is 8.78 Å². The number of halogens is 2. The number of hydrogen-bond acceptors (Lipinski definition) is 1. The molecule has 0 unspecified atom stereocenters. The first-order chi connectivity index (χ1) is 14.1. The third-order valence-corrected chi connectivity index (χ3v) is 6.46. The third-order valence-electron chi connectivity index (χ3n) is 6.46. The lowest BCUT2D eigenvalue weighted by atomic mass is 9.78. The van der Waals surface area contributed by atoms with Gasteiger partial charge >= 0.3 is 0 Å². The molecule has 1 fully saturated rings. The molecule has 3 rings (SSSR count). The summed E-state index contributed by atoms with van der Waals surface area (Å²) >= 11 is 0. The second-order valence-corrected chi connectivity index (χ2v) is 8.54. The van der Waals surface area contributed by atoms with E-state index in [4.69, 9.17) is 5.26 Å². The highest BCUT2D eigenvalue weighted by Gasteiger charge is 2.20. The van der Waals surface area contributed by atoms with Crippen molar-refractivity contribution < 1.29 is 8.78 Å². The first kappa shape index (κ1) is 21.5. The number of unbranched alkanes of at least 4 members (excludes halogenated alkanes) is 2. The van der Waals surface area contributed by atoms with Gasteiger partial charge in [-0.15, -0.1) is 0 Å². The summed E-state index contributed by atoms with van der Waals surface area (Å²) in [6.45, 7) is 2.26. The van der Waals surface area contributed by atoms with Crippen molar-refractivity contribution in [1.82, 2.24) is 0 Å². The highest BCUT2D eigenvalue weighted by Crippen LogP contribution is 2.34. The molecule has 0 radical (unpaired) electrons. The number of benzene rings is 2. The molecule has 0 aromatic heterocycles.